The third-order valence-corrected chi connectivity index (χ3v) is 2.14. The number of hydrogen-bond acceptors (Lipinski definition) is 4. The van der Waals surface area contributed by atoms with Crippen molar-refractivity contribution in [3.8, 4) is 5.75 Å². The van der Waals surface area contributed by atoms with Crippen LogP contribution in [0.25, 0.3) is 0 Å². The summed E-state index contributed by atoms with van der Waals surface area (Å²) in [6.07, 6.45) is 0.463. The molecule has 0 unspecified atom stereocenters. The number of nitro groups is 1. The molecule has 0 aliphatic heterocycles. The van der Waals surface area contributed by atoms with Gasteiger partial charge in [-0.2, -0.15) is 0 Å². The van der Waals surface area contributed by atoms with Gasteiger partial charge in [0.25, 0.3) is 0 Å². The van der Waals surface area contributed by atoms with Gasteiger partial charge in [0.2, 0.25) is 0 Å². The maximum absolute atomic E-state index is 10.8. The Morgan fingerprint density at radius 2 is 2.12 bits per heavy atom. The molecule has 0 aromatic heterocycles. The van der Waals surface area contributed by atoms with E-state index >= 15 is 0 Å². The molecule has 0 bridgehead atoms. The van der Waals surface area contributed by atoms with E-state index in [9.17, 15) is 10.1 Å². The van der Waals surface area contributed by atoms with E-state index in [0.29, 0.717) is 12.2 Å². The molecule has 0 saturated heterocycles. The first-order valence-corrected chi connectivity index (χ1v) is 5.05. The van der Waals surface area contributed by atoms with E-state index in [0.717, 1.165) is 11.1 Å². The largest absolute Gasteiger partial charge is 0.487 e. The van der Waals surface area contributed by atoms with Crippen LogP contribution < -0.4 is 4.74 Å². The van der Waals surface area contributed by atoms with Crippen LogP contribution in [0.4, 0.5) is 5.69 Å². The molecule has 1 aromatic rings. The highest BCUT2D eigenvalue weighted by molar-refractivity contribution is 5.53. The standard InChI is InChI=1S/C11H15NO4/c1-8-6-9(2)11(16-5-3-4-13)10(7-8)12(14)15/h6-7,13H,3-5H2,1-2H3. The molecular weight excluding hydrogens is 210 g/mol. The molecule has 1 N–H and O–H groups in total. The topological polar surface area (TPSA) is 72.6 Å². The molecule has 0 spiro atoms. The lowest BCUT2D eigenvalue weighted by Gasteiger charge is -2.09. The molecule has 0 amide bonds. The van der Waals surface area contributed by atoms with Crippen molar-refractivity contribution < 1.29 is 14.8 Å². The minimum Gasteiger partial charge on any atom is -0.487 e. The zero-order chi connectivity index (χ0) is 12.1. The summed E-state index contributed by atoms with van der Waals surface area (Å²) in [5, 5.41) is 19.5. The van der Waals surface area contributed by atoms with Crippen molar-refractivity contribution in [2.75, 3.05) is 13.2 Å². The second-order valence-corrected chi connectivity index (χ2v) is 3.61. The number of benzene rings is 1. The summed E-state index contributed by atoms with van der Waals surface area (Å²) in [5.74, 6) is 0.295. The fourth-order valence-corrected chi connectivity index (χ4v) is 1.49. The van der Waals surface area contributed by atoms with Gasteiger partial charge in [0.1, 0.15) is 0 Å². The molecule has 0 saturated carbocycles. The first kappa shape index (κ1) is 12.4. The molecule has 16 heavy (non-hydrogen) atoms. The van der Waals surface area contributed by atoms with Gasteiger partial charge in [-0.25, -0.2) is 0 Å². The summed E-state index contributed by atoms with van der Waals surface area (Å²) in [5.41, 5.74) is 1.55. The van der Waals surface area contributed by atoms with E-state index < -0.39 is 4.92 Å². The van der Waals surface area contributed by atoms with Gasteiger partial charge in [-0.05, 0) is 25.0 Å². The summed E-state index contributed by atoms with van der Waals surface area (Å²) >= 11 is 0. The molecule has 0 aliphatic carbocycles. The van der Waals surface area contributed by atoms with Gasteiger partial charge in [-0.3, -0.25) is 10.1 Å². The smallest absolute Gasteiger partial charge is 0.311 e. The van der Waals surface area contributed by atoms with Crippen molar-refractivity contribution in [2.24, 2.45) is 0 Å². The summed E-state index contributed by atoms with van der Waals surface area (Å²) < 4.78 is 5.32. The van der Waals surface area contributed by atoms with Gasteiger partial charge in [0.05, 0.1) is 11.5 Å². The minimum atomic E-state index is -0.450. The third kappa shape index (κ3) is 2.93. The lowest BCUT2D eigenvalue weighted by Crippen LogP contribution is -2.04. The first-order chi connectivity index (χ1) is 7.56. The van der Waals surface area contributed by atoms with Crippen LogP contribution in [0.5, 0.6) is 5.75 Å². The number of aryl methyl sites for hydroxylation is 2. The molecule has 0 heterocycles. The number of hydrogen-bond donors (Lipinski definition) is 1. The van der Waals surface area contributed by atoms with Crippen LogP contribution in [0.1, 0.15) is 17.5 Å². The van der Waals surface area contributed by atoms with E-state index in [1.54, 1.807) is 13.8 Å². The van der Waals surface area contributed by atoms with Crippen LogP contribution >= 0.6 is 0 Å². The zero-order valence-electron chi connectivity index (χ0n) is 9.40. The van der Waals surface area contributed by atoms with E-state index in [4.69, 9.17) is 9.84 Å². The number of nitro benzene ring substituents is 1. The maximum Gasteiger partial charge on any atom is 0.311 e. The minimum absolute atomic E-state index is 0.0126. The molecule has 0 atom stereocenters. The Morgan fingerprint density at radius 3 is 2.69 bits per heavy atom. The van der Waals surface area contributed by atoms with Crippen LogP contribution in [0, 0.1) is 24.0 Å². The molecule has 5 nitrogen and oxygen atoms in total. The molecule has 1 aromatic carbocycles. The second-order valence-electron chi connectivity index (χ2n) is 3.61. The lowest BCUT2D eigenvalue weighted by atomic mass is 10.1. The van der Waals surface area contributed by atoms with Gasteiger partial charge in [-0.1, -0.05) is 6.07 Å². The Morgan fingerprint density at radius 1 is 1.44 bits per heavy atom. The van der Waals surface area contributed by atoms with Crippen molar-refractivity contribution in [1.29, 1.82) is 0 Å². The quantitative estimate of drug-likeness (QED) is 0.472. The van der Waals surface area contributed by atoms with Gasteiger partial charge in [-0.15, -0.1) is 0 Å². The Hall–Kier alpha value is -1.62. The van der Waals surface area contributed by atoms with Crippen molar-refractivity contribution >= 4 is 5.69 Å². The van der Waals surface area contributed by atoms with Crippen LogP contribution in [-0.2, 0) is 0 Å². The van der Waals surface area contributed by atoms with E-state index in [-0.39, 0.29) is 18.9 Å². The Labute approximate surface area is 93.8 Å². The van der Waals surface area contributed by atoms with E-state index in [1.165, 1.54) is 6.07 Å². The predicted molar refractivity (Wildman–Crippen MR) is 59.8 cm³/mol. The molecule has 0 aliphatic rings. The number of nitrogens with zero attached hydrogens (tertiary/aromatic N) is 1. The molecular formula is C11H15NO4. The van der Waals surface area contributed by atoms with Crippen LogP contribution in [0.3, 0.4) is 0 Å². The van der Waals surface area contributed by atoms with Crippen molar-refractivity contribution in [1.82, 2.24) is 0 Å². The van der Waals surface area contributed by atoms with Gasteiger partial charge >= 0.3 is 5.69 Å². The fourth-order valence-electron chi connectivity index (χ4n) is 1.49. The fraction of sp³-hybridized carbons (Fsp3) is 0.455. The van der Waals surface area contributed by atoms with Crippen molar-refractivity contribution in [2.45, 2.75) is 20.3 Å². The van der Waals surface area contributed by atoms with Gasteiger partial charge in [0.15, 0.2) is 5.75 Å². The number of rotatable bonds is 5. The first-order valence-electron chi connectivity index (χ1n) is 5.05. The number of aliphatic hydroxyl groups is 1. The Balaban J connectivity index is 2.99. The average Bonchev–Trinajstić information content (AvgIpc) is 2.20. The van der Waals surface area contributed by atoms with Crippen LogP contribution in [0.2, 0.25) is 0 Å². The zero-order valence-corrected chi connectivity index (χ0v) is 9.40. The lowest BCUT2D eigenvalue weighted by molar-refractivity contribution is -0.386. The van der Waals surface area contributed by atoms with Gasteiger partial charge in [0, 0.05) is 19.1 Å². The molecule has 0 fully saturated rings. The highest BCUT2D eigenvalue weighted by Gasteiger charge is 2.18. The molecule has 88 valence electrons. The van der Waals surface area contributed by atoms with Gasteiger partial charge < -0.3 is 9.84 Å². The second kappa shape index (κ2) is 5.46. The highest BCUT2D eigenvalue weighted by atomic mass is 16.6. The van der Waals surface area contributed by atoms with Crippen LogP contribution in [0.15, 0.2) is 12.1 Å². The van der Waals surface area contributed by atoms with Crippen molar-refractivity contribution in [3.63, 3.8) is 0 Å². The predicted octanol–water partition coefficient (Wildman–Crippen LogP) is 1.97. The SMILES string of the molecule is Cc1cc(C)c(OCCCO)c([N+](=O)[O-])c1. The monoisotopic (exact) mass is 225 g/mol. The number of ether oxygens (including phenoxy) is 1. The van der Waals surface area contributed by atoms with Crippen LogP contribution in [-0.4, -0.2) is 23.2 Å². The Bertz CT molecular complexity index is 390. The normalized spacial score (nSPS) is 10.2. The summed E-state index contributed by atoms with van der Waals surface area (Å²) in [7, 11) is 0. The summed E-state index contributed by atoms with van der Waals surface area (Å²) in [4.78, 5) is 10.4. The average molecular weight is 225 g/mol. The molecule has 1 rings (SSSR count). The van der Waals surface area contributed by atoms with E-state index in [2.05, 4.69) is 0 Å². The summed E-state index contributed by atoms with van der Waals surface area (Å²) in [6.45, 7) is 3.87. The maximum atomic E-state index is 10.8. The highest BCUT2D eigenvalue weighted by Crippen LogP contribution is 2.31. The number of aliphatic hydroxyl groups excluding tert-OH is 1. The molecule has 5 heteroatoms. The molecule has 0 radical (unpaired) electrons. The third-order valence-electron chi connectivity index (χ3n) is 2.14. The Kier molecular flexibility index (Phi) is 4.25. The summed E-state index contributed by atoms with van der Waals surface area (Å²) in [6, 6.07) is 3.32. The van der Waals surface area contributed by atoms with Crippen molar-refractivity contribution in [3.05, 3.63) is 33.4 Å². The van der Waals surface area contributed by atoms with E-state index in [1.807, 2.05) is 6.07 Å².